The number of amides is 1. The zero-order valence-electron chi connectivity index (χ0n) is 10.4. The van der Waals surface area contributed by atoms with Crippen LogP contribution in [0.4, 0.5) is 9.18 Å². The van der Waals surface area contributed by atoms with Gasteiger partial charge in [-0.3, -0.25) is 0 Å². The molecule has 1 fully saturated rings. The molecule has 0 unspecified atom stereocenters. The monoisotopic (exact) mass is 232 g/mol. The fourth-order valence-corrected chi connectivity index (χ4v) is 1.93. The van der Waals surface area contributed by atoms with Crippen LogP contribution in [0.3, 0.4) is 0 Å². The van der Waals surface area contributed by atoms with Gasteiger partial charge in [-0.05, 0) is 34.2 Å². The quantitative estimate of drug-likeness (QED) is 0.785. The standard InChI is InChI=1S/C11H21FN2O2/c1-11(2,3)16-10(15)14-6-5-8(13-4)9(14)7-12/h8-9,13H,5-7H2,1-4H3/t8-,9-/m1/s1. The van der Waals surface area contributed by atoms with Gasteiger partial charge in [0, 0.05) is 12.6 Å². The minimum Gasteiger partial charge on any atom is -0.444 e. The normalized spacial score (nSPS) is 25.9. The van der Waals surface area contributed by atoms with E-state index >= 15 is 0 Å². The maximum atomic E-state index is 12.9. The molecule has 2 atom stereocenters. The van der Waals surface area contributed by atoms with Gasteiger partial charge in [0.15, 0.2) is 0 Å². The van der Waals surface area contributed by atoms with E-state index in [2.05, 4.69) is 5.32 Å². The molecule has 0 aromatic carbocycles. The number of rotatable bonds is 2. The predicted molar refractivity (Wildman–Crippen MR) is 60.2 cm³/mol. The third kappa shape index (κ3) is 3.07. The number of likely N-dealkylation sites (tertiary alicyclic amines) is 1. The number of hydrogen-bond acceptors (Lipinski definition) is 3. The van der Waals surface area contributed by atoms with Crippen LogP contribution < -0.4 is 5.32 Å². The van der Waals surface area contributed by atoms with Gasteiger partial charge in [-0.25, -0.2) is 9.18 Å². The first kappa shape index (κ1) is 13.2. The van der Waals surface area contributed by atoms with E-state index in [4.69, 9.17) is 4.74 Å². The van der Waals surface area contributed by atoms with Crippen molar-refractivity contribution >= 4 is 6.09 Å². The Hall–Kier alpha value is -0.840. The van der Waals surface area contributed by atoms with E-state index in [-0.39, 0.29) is 6.04 Å². The molecule has 0 spiro atoms. The van der Waals surface area contributed by atoms with Gasteiger partial charge < -0.3 is 15.0 Å². The largest absolute Gasteiger partial charge is 0.444 e. The zero-order valence-corrected chi connectivity index (χ0v) is 10.4. The molecule has 0 aromatic heterocycles. The molecule has 0 saturated carbocycles. The number of halogens is 1. The van der Waals surface area contributed by atoms with E-state index in [1.54, 1.807) is 27.8 Å². The van der Waals surface area contributed by atoms with Crippen molar-refractivity contribution in [3.8, 4) is 0 Å². The molecular formula is C11H21FN2O2. The van der Waals surface area contributed by atoms with Gasteiger partial charge in [0.2, 0.25) is 0 Å². The summed E-state index contributed by atoms with van der Waals surface area (Å²) in [5, 5.41) is 3.02. The summed E-state index contributed by atoms with van der Waals surface area (Å²) in [5.74, 6) is 0. The first-order valence-electron chi connectivity index (χ1n) is 5.62. The minimum atomic E-state index is -0.537. The Morgan fingerprint density at radius 2 is 2.19 bits per heavy atom. The Labute approximate surface area is 96.1 Å². The average Bonchev–Trinajstić information content (AvgIpc) is 2.57. The number of carbonyl (C=O) groups excluding carboxylic acids is 1. The average molecular weight is 232 g/mol. The summed E-state index contributed by atoms with van der Waals surface area (Å²) in [6.45, 7) is 5.43. The Balaban J connectivity index is 2.63. The highest BCUT2D eigenvalue weighted by atomic mass is 19.1. The molecule has 1 N–H and O–H groups in total. The van der Waals surface area contributed by atoms with Crippen molar-refractivity contribution in [3.63, 3.8) is 0 Å². The lowest BCUT2D eigenvalue weighted by atomic mass is 10.1. The summed E-state index contributed by atoms with van der Waals surface area (Å²) in [4.78, 5) is 13.3. The van der Waals surface area contributed by atoms with Crippen LogP contribution in [-0.2, 0) is 4.74 Å². The molecule has 4 nitrogen and oxygen atoms in total. The number of ether oxygens (including phenoxy) is 1. The number of likely N-dealkylation sites (N-methyl/N-ethyl adjacent to an activating group) is 1. The Kier molecular flexibility index (Phi) is 4.13. The first-order chi connectivity index (χ1) is 7.39. The highest BCUT2D eigenvalue weighted by molar-refractivity contribution is 5.69. The predicted octanol–water partition coefficient (Wildman–Crippen LogP) is 1.55. The van der Waals surface area contributed by atoms with Crippen LogP contribution in [0.15, 0.2) is 0 Å². The third-order valence-electron chi connectivity index (χ3n) is 2.70. The lowest BCUT2D eigenvalue weighted by Crippen LogP contribution is -2.46. The fourth-order valence-electron chi connectivity index (χ4n) is 1.93. The molecule has 0 bridgehead atoms. The maximum Gasteiger partial charge on any atom is 0.410 e. The molecule has 1 aliphatic rings. The van der Waals surface area contributed by atoms with E-state index in [1.807, 2.05) is 0 Å². The van der Waals surface area contributed by atoms with Gasteiger partial charge >= 0.3 is 6.09 Å². The van der Waals surface area contributed by atoms with Crippen LogP contribution in [0.2, 0.25) is 0 Å². The van der Waals surface area contributed by atoms with Crippen LogP contribution in [-0.4, -0.2) is 48.9 Å². The molecule has 1 heterocycles. The maximum absolute atomic E-state index is 12.9. The Morgan fingerprint density at radius 3 is 2.62 bits per heavy atom. The van der Waals surface area contributed by atoms with Crippen molar-refractivity contribution in [1.29, 1.82) is 0 Å². The highest BCUT2D eigenvalue weighted by Crippen LogP contribution is 2.21. The molecule has 94 valence electrons. The number of nitrogens with one attached hydrogen (secondary N) is 1. The van der Waals surface area contributed by atoms with E-state index in [0.29, 0.717) is 6.54 Å². The van der Waals surface area contributed by atoms with Crippen LogP contribution in [0.25, 0.3) is 0 Å². The van der Waals surface area contributed by atoms with Gasteiger partial charge in [-0.15, -0.1) is 0 Å². The summed E-state index contributed by atoms with van der Waals surface area (Å²) >= 11 is 0. The number of nitrogens with zero attached hydrogens (tertiary/aromatic N) is 1. The molecule has 1 saturated heterocycles. The molecule has 16 heavy (non-hydrogen) atoms. The molecule has 1 aliphatic heterocycles. The third-order valence-corrected chi connectivity index (χ3v) is 2.70. The van der Waals surface area contributed by atoms with Gasteiger partial charge in [0.1, 0.15) is 12.3 Å². The smallest absolute Gasteiger partial charge is 0.410 e. The number of carbonyl (C=O) groups is 1. The SMILES string of the molecule is CN[C@@H]1CCN(C(=O)OC(C)(C)C)[C@@H]1CF. The Bertz CT molecular complexity index is 253. The van der Waals surface area contributed by atoms with Crippen LogP contribution in [0, 0.1) is 0 Å². The van der Waals surface area contributed by atoms with Gasteiger partial charge in [0.05, 0.1) is 6.04 Å². The first-order valence-corrected chi connectivity index (χ1v) is 5.62. The van der Waals surface area contributed by atoms with Crippen molar-refractivity contribution < 1.29 is 13.9 Å². The minimum absolute atomic E-state index is 0.0255. The van der Waals surface area contributed by atoms with Crippen molar-refractivity contribution in [1.82, 2.24) is 10.2 Å². The molecule has 1 rings (SSSR count). The topological polar surface area (TPSA) is 41.6 Å². The van der Waals surface area contributed by atoms with Crippen molar-refractivity contribution in [2.75, 3.05) is 20.3 Å². The highest BCUT2D eigenvalue weighted by Gasteiger charge is 2.38. The summed E-state index contributed by atoms with van der Waals surface area (Å²) in [6, 6.07) is -0.377. The molecule has 0 radical (unpaired) electrons. The molecule has 1 amide bonds. The van der Waals surface area contributed by atoms with E-state index in [9.17, 15) is 9.18 Å². The second kappa shape index (κ2) is 4.99. The lowest BCUT2D eigenvalue weighted by molar-refractivity contribution is 0.0196. The zero-order chi connectivity index (χ0) is 12.3. The fraction of sp³-hybridized carbons (Fsp3) is 0.909. The number of hydrogen-bond donors (Lipinski definition) is 1. The Morgan fingerprint density at radius 1 is 1.56 bits per heavy atom. The molecular weight excluding hydrogens is 211 g/mol. The van der Waals surface area contributed by atoms with E-state index in [0.717, 1.165) is 6.42 Å². The van der Waals surface area contributed by atoms with Crippen LogP contribution in [0.5, 0.6) is 0 Å². The summed E-state index contributed by atoms with van der Waals surface area (Å²) < 4.78 is 18.1. The molecule has 5 heteroatoms. The molecule has 0 aromatic rings. The summed E-state index contributed by atoms with van der Waals surface area (Å²) in [7, 11) is 1.78. The van der Waals surface area contributed by atoms with Crippen LogP contribution in [0.1, 0.15) is 27.2 Å². The summed E-state index contributed by atoms with van der Waals surface area (Å²) in [5.41, 5.74) is -0.532. The van der Waals surface area contributed by atoms with Crippen molar-refractivity contribution in [2.45, 2.75) is 44.9 Å². The van der Waals surface area contributed by atoms with E-state index < -0.39 is 24.4 Å². The second-order valence-corrected chi connectivity index (χ2v) is 5.08. The molecule has 0 aliphatic carbocycles. The van der Waals surface area contributed by atoms with Gasteiger partial charge in [-0.1, -0.05) is 0 Å². The van der Waals surface area contributed by atoms with Gasteiger partial charge in [-0.2, -0.15) is 0 Å². The second-order valence-electron chi connectivity index (χ2n) is 5.08. The summed E-state index contributed by atoms with van der Waals surface area (Å²) in [6.07, 6.45) is 0.345. The van der Waals surface area contributed by atoms with Crippen molar-refractivity contribution in [3.05, 3.63) is 0 Å². The van der Waals surface area contributed by atoms with Crippen LogP contribution >= 0.6 is 0 Å². The van der Waals surface area contributed by atoms with Crippen molar-refractivity contribution in [2.24, 2.45) is 0 Å². The lowest BCUT2D eigenvalue weighted by Gasteiger charge is -2.28. The van der Waals surface area contributed by atoms with Gasteiger partial charge in [0.25, 0.3) is 0 Å². The number of alkyl halides is 1. The van der Waals surface area contributed by atoms with E-state index in [1.165, 1.54) is 4.90 Å².